The molecule has 0 amide bonds. The highest BCUT2D eigenvalue weighted by Crippen LogP contribution is 2.48. The van der Waals surface area contributed by atoms with Crippen molar-refractivity contribution in [1.29, 1.82) is 0 Å². The number of rotatable bonds is 3. The average Bonchev–Trinajstić information content (AvgIpc) is 3.10. The maximum atomic E-state index is 4.65. The van der Waals surface area contributed by atoms with Gasteiger partial charge in [0.25, 0.3) is 0 Å². The summed E-state index contributed by atoms with van der Waals surface area (Å²) in [5, 5.41) is 0. The molecular formula is C16H23N3. The van der Waals surface area contributed by atoms with Gasteiger partial charge in [-0.15, -0.1) is 0 Å². The van der Waals surface area contributed by atoms with Gasteiger partial charge in [-0.25, -0.2) is 4.98 Å². The van der Waals surface area contributed by atoms with Gasteiger partial charge in [0.1, 0.15) is 5.82 Å². The van der Waals surface area contributed by atoms with Crippen LogP contribution in [0.25, 0.3) is 5.57 Å². The van der Waals surface area contributed by atoms with E-state index in [0.29, 0.717) is 6.04 Å². The Balaban J connectivity index is 1.86. The van der Waals surface area contributed by atoms with Crippen LogP contribution in [0.15, 0.2) is 24.4 Å². The van der Waals surface area contributed by atoms with Crippen LogP contribution in [-0.2, 0) is 0 Å². The average molecular weight is 257 g/mol. The first-order valence-electron chi connectivity index (χ1n) is 7.30. The van der Waals surface area contributed by atoms with Crippen molar-refractivity contribution in [3.63, 3.8) is 0 Å². The Labute approximate surface area is 115 Å². The molecule has 0 radical (unpaired) electrons. The number of aromatic amines is 1. The molecule has 2 bridgehead atoms. The highest BCUT2D eigenvalue weighted by atomic mass is 15.2. The molecule has 3 rings (SSSR count). The van der Waals surface area contributed by atoms with Gasteiger partial charge in [-0.2, -0.15) is 0 Å². The maximum absolute atomic E-state index is 4.65. The first kappa shape index (κ1) is 12.7. The van der Waals surface area contributed by atoms with E-state index in [9.17, 15) is 0 Å². The lowest BCUT2D eigenvalue weighted by atomic mass is 9.98. The Kier molecular flexibility index (Phi) is 3.31. The number of imidazole rings is 1. The van der Waals surface area contributed by atoms with Crippen molar-refractivity contribution in [3.05, 3.63) is 35.9 Å². The van der Waals surface area contributed by atoms with Gasteiger partial charge in [-0.05, 0) is 51.6 Å². The van der Waals surface area contributed by atoms with Crippen LogP contribution in [0.2, 0.25) is 0 Å². The molecule has 2 heterocycles. The summed E-state index contributed by atoms with van der Waals surface area (Å²) in [6.07, 6.45) is 12.4. The van der Waals surface area contributed by atoms with E-state index in [1.54, 1.807) is 0 Å². The van der Waals surface area contributed by atoms with Gasteiger partial charge < -0.3 is 4.98 Å². The van der Waals surface area contributed by atoms with Gasteiger partial charge in [-0.1, -0.05) is 18.2 Å². The van der Waals surface area contributed by atoms with Crippen LogP contribution >= 0.6 is 0 Å². The summed E-state index contributed by atoms with van der Waals surface area (Å²) < 4.78 is 0. The van der Waals surface area contributed by atoms with E-state index in [4.69, 9.17) is 0 Å². The van der Waals surface area contributed by atoms with Crippen molar-refractivity contribution in [1.82, 2.24) is 14.9 Å². The fraction of sp³-hybridized carbons (Fsp3) is 0.562. The van der Waals surface area contributed by atoms with Crippen LogP contribution in [0.4, 0.5) is 0 Å². The molecule has 3 heteroatoms. The highest BCUT2D eigenvalue weighted by molar-refractivity contribution is 5.70. The number of likely N-dealkylation sites (tertiary alicyclic amines) is 1. The number of piperidine rings is 1. The minimum absolute atomic E-state index is 0.496. The fourth-order valence-corrected chi connectivity index (χ4v) is 3.78. The Morgan fingerprint density at radius 1 is 1.42 bits per heavy atom. The number of allylic oxidation sites excluding steroid dienone is 4. The van der Waals surface area contributed by atoms with Gasteiger partial charge in [0.15, 0.2) is 0 Å². The van der Waals surface area contributed by atoms with E-state index in [1.165, 1.54) is 24.8 Å². The molecule has 1 aromatic heterocycles. The SMILES string of the molecule is CC=CC(=CC)c1cnc(C2C3CCC(C3)N2C)[nH]1. The predicted molar refractivity (Wildman–Crippen MR) is 78.7 cm³/mol. The summed E-state index contributed by atoms with van der Waals surface area (Å²) in [5.74, 6) is 1.94. The summed E-state index contributed by atoms with van der Waals surface area (Å²) in [4.78, 5) is 10.7. The van der Waals surface area contributed by atoms with Crippen LogP contribution in [0, 0.1) is 5.92 Å². The van der Waals surface area contributed by atoms with Crippen LogP contribution in [-0.4, -0.2) is 28.0 Å². The number of H-pyrrole nitrogens is 1. The molecule has 2 fully saturated rings. The Morgan fingerprint density at radius 2 is 2.26 bits per heavy atom. The Morgan fingerprint density at radius 3 is 2.89 bits per heavy atom. The summed E-state index contributed by atoms with van der Waals surface area (Å²) in [6, 6.07) is 1.27. The van der Waals surface area contributed by atoms with Gasteiger partial charge in [0.2, 0.25) is 0 Å². The van der Waals surface area contributed by atoms with Crippen molar-refractivity contribution in [2.45, 2.75) is 45.2 Å². The predicted octanol–water partition coefficient (Wildman–Crippen LogP) is 3.54. The zero-order chi connectivity index (χ0) is 13.4. The number of fused-ring (bicyclic) bond motifs is 2. The molecule has 2 aliphatic rings. The van der Waals surface area contributed by atoms with Crippen molar-refractivity contribution in [2.75, 3.05) is 7.05 Å². The molecule has 102 valence electrons. The number of hydrogen-bond acceptors (Lipinski definition) is 2. The minimum atomic E-state index is 0.496. The molecule has 1 N–H and O–H groups in total. The smallest absolute Gasteiger partial charge is 0.124 e. The summed E-state index contributed by atoms with van der Waals surface area (Å²) in [6.45, 7) is 4.12. The maximum Gasteiger partial charge on any atom is 0.124 e. The van der Waals surface area contributed by atoms with Crippen molar-refractivity contribution >= 4 is 5.57 Å². The third-order valence-electron chi connectivity index (χ3n) is 4.75. The lowest BCUT2D eigenvalue weighted by Crippen LogP contribution is -2.32. The molecule has 3 unspecified atom stereocenters. The molecule has 1 aliphatic carbocycles. The van der Waals surface area contributed by atoms with Gasteiger partial charge >= 0.3 is 0 Å². The molecule has 1 aromatic rings. The largest absolute Gasteiger partial charge is 0.341 e. The van der Waals surface area contributed by atoms with Crippen molar-refractivity contribution in [2.24, 2.45) is 5.92 Å². The zero-order valence-corrected chi connectivity index (χ0v) is 12.1. The molecule has 0 aromatic carbocycles. The number of aromatic nitrogens is 2. The van der Waals surface area contributed by atoms with Crippen LogP contribution < -0.4 is 0 Å². The number of nitrogens with one attached hydrogen (secondary N) is 1. The summed E-state index contributed by atoms with van der Waals surface area (Å²) in [5.41, 5.74) is 2.35. The van der Waals surface area contributed by atoms with E-state index in [0.717, 1.165) is 23.5 Å². The van der Waals surface area contributed by atoms with Gasteiger partial charge in [0.05, 0.1) is 17.9 Å². The van der Waals surface area contributed by atoms with Crippen LogP contribution in [0.5, 0.6) is 0 Å². The van der Waals surface area contributed by atoms with Crippen LogP contribution in [0.1, 0.15) is 50.7 Å². The minimum Gasteiger partial charge on any atom is -0.341 e. The third kappa shape index (κ3) is 2.06. The zero-order valence-electron chi connectivity index (χ0n) is 12.1. The molecular weight excluding hydrogens is 234 g/mol. The second-order valence-corrected chi connectivity index (χ2v) is 5.76. The van der Waals surface area contributed by atoms with Crippen molar-refractivity contribution < 1.29 is 0 Å². The fourth-order valence-electron chi connectivity index (χ4n) is 3.78. The van der Waals surface area contributed by atoms with E-state index in [2.05, 4.69) is 47.1 Å². The van der Waals surface area contributed by atoms with Crippen molar-refractivity contribution in [3.8, 4) is 0 Å². The van der Waals surface area contributed by atoms with Crippen LogP contribution in [0.3, 0.4) is 0 Å². The molecule has 1 saturated carbocycles. The van der Waals surface area contributed by atoms with E-state index in [-0.39, 0.29) is 0 Å². The summed E-state index contributed by atoms with van der Waals surface area (Å²) in [7, 11) is 2.25. The van der Waals surface area contributed by atoms with E-state index in [1.807, 2.05) is 13.1 Å². The number of nitrogens with zero attached hydrogens (tertiary/aromatic N) is 2. The normalized spacial score (nSPS) is 31.7. The van der Waals surface area contributed by atoms with E-state index < -0.39 is 0 Å². The highest BCUT2D eigenvalue weighted by Gasteiger charge is 2.45. The lowest BCUT2D eigenvalue weighted by molar-refractivity contribution is 0.170. The summed E-state index contributed by atoms with van der Waals surface area (Å²) >= 11 is 0. The number of hydrogen-bond donors (Lipinski definition) is 1. The molecule has 19 heavy (non-hydrogen) atoms. The second kappa shape index (κ2) is 4.97. The molecule has 3 atom stereocenters. The molecule has 1 saturated heterocycles. The molecule has 0 spiro atoms. The lowest BCUT2D eigenvalue weighted by Gasteiger charge is -2.30. The standard InChI is InChI=1S/C16H23N3/c1-4-6-11(5-2)14-10-17-16(18-14)15-12-7-8-13(9-12)19(15)3/h4-6,10,12-13,15H,7-9H2,1-3H3,(H,17,18). The molecule has 3 nitrogen and oxygen atoms in total. The van der Waals surface area contributed by atoms with Gasteiger partial charge in [0, 0.05) is 6.04 Å². The quantitative estimate of drug-likeness (QED) is 0.840. The van der Waals surface area contributed by atoms with E-state index >= 15 is 0 Å². The first-order valence-corrected chi connectivity index (χ1v) is 7.30. The van der Waals surface area contributed by atoms with Gasteiger partial charge in [-0.3, -0.25) is 4.90 Å². The second-order valence-electron chi connectivity index (χ2n) is 5.76. The first-order chi connectivity index (χ1) is 9.24. The molecule has 1 aliphatic heterocycles. The Bertz CT molecular complexity index is 510. The third-order valence-corrected chi connectivity index (χ3v) is 4.75. The topological polar surface area (TPSA) is 31.9 Å². The Hall–Kier alpha value is -1.35. The monoisotopic (exact) mass is 257 g/mol.